The van der Waals surface area contributed by atoms with Crippen LogP contribution in [0.1, 0.15) is 31.9 Å². The summed E-state index contributed by atoms with van der Waals surface area (Å²) in [7, 11) is -2.80. The molecule has 0 spiro atoms. The number of rotatable bonds is 5. The molecule has 0 radical (unpaired) electrons. The van der Waals surface area contributed by atoms with Crippen molar-refractivity contribution in [3.8, 4) is 0 Å². The normalized spacial score (nSPS) is 23.1. The van der Waals surface area contributed by atoms with Crippen molar-refractivity contribution in [1.29, 1.82) is 0 Å². The summed E-state index contributed by atoms with van der Waals surface area (Å²) in [5.74, 6) is 1.27. The first kappa shape index (κ1) is 15.8. The monoisotopic (exact) mass is 315 g/mol. The molecule has 20 heavy (non-hydrogen) atoms. The van der Waals surface area contributed by atoms with Crippen LogP contribution in [0.2, 0.25) is 5.02 Å². The fourth-order valence-electron chi connectivity index (χ4n) is 2.76. The second-order valence-corrected chi connectivity index (χ2v) is 8.56. The van der Waals surface area contributed by atoms with Crippen LogP contribution in [0.25, 0.3) is 0 Å². The summed E-state index contributed by atoms with van der Waals surface area (Å²) in [4.78, 5) is 0. The van der Waals surface area contributed by atoms with Crippen molar-refractivity contribution in [2.75, 3.05) is 18.1 Å². The van der Waals surface area contributed by atoms with E-state index in [4.69, 9.17) is 11.6 Å². The van der Waals surface area contributed by atoms with Crippen LogP contribution in [0.4, 0.5) is 0 Å². The van der Waals surface area contributed by atoms with Crippen LogP contribution >= 0.6 is 11.6 Å². The summed E-state index contributed by atoms with van der Waals surface area (Å²) >= 11 is 6.27. The van der Waals surface area contributed by atoms with Crippen LogP contribution in [0, 0.1) is 11.8 Å². The van der Waals surface area contributed by atoms with Gasteiger partial charge in [-0.1, -0.05) is 43.6 Å². The van der Waals surface area contributed by atoms with Gasteiger partial charge in [0.1, 0.15) is 0 Å². The number of sulfone groups is 1. The molecule has 1 aliphatic heterocycles. The molecule has 0 aromatic heterocycles. The van der Waals surface area contributed by atoms with Gasteiger partial charge < -0.3 is 5.32 Å². The number of hydrogen-bond donors (Lipinski definition) is 1. The topological polar surface area (TPSA) is 46.2 Å². The van der Waals surface area contributed by atoms with Crippen LogP contribution in [-0.4, -0.2) is 26.5 Å². The van der Waals surface area contributed by atoms with E-state index in [9.17, 15) is 8.42 Å². The zero-order chi connectivity index (χ0) is 14.8. The molecule has 0 bridgehead atoms. The molecule has 1 aromatic rings. The van der Waals surface area contributed by atoms with Crippen molar-refractivity contribution in [3.05, 3.63) is 34.9 Å². The molecule has 5 heteroatoms. The Kier molecular flexibility index (Phi) is 5.10. The van der Waals surface area contributed by atoms with Crippen molar-refractivity contribution in [3.63, 3.8) is 0 Å². The molecular formula is C15H22ClNO2S. The third-order valence-electron chi connectivity index (χ3n) is 3.86. The molecule has 2 atom stereocenters. The first-order valence-corrected chi connectivity index (χ1v) is 9.27. The Morgan fingerprint density at radius 3 is 2.60 bits per heavy atom. The van der Waals surface area contributed by atoms with Crippen molar-refractivity contribution in [2.24, 2.45) is 11.8 Å². The van der Waals surface area contributed by atoms with Gasteiger partial charge in [-0.05, 0) is 36.4 Å². The predicted octanol–water partition coefficient (Wildman–Crippen LogP) is 3.06. The van der Waals surface area contributed by atoms with Crippen LogP contribution in [0.5, 0.6) is 0 Å². The summed E-state index contributed by atoms with van der Waals surface area (Å²) in [5, 5.41) is 4.27. The fraction of sp³-hybridized carbons (Fsp3) is 0.600. The van der Waals surface area contributed by atoms with Crippen molar-refractivity contribution in [2.45, 2.75) is 26.3 Å². The molecule has 1 saturated heterocycles. The Morgan fingerprint density at radius 2 is 2.05 bits per heavy atom. The summed E-state index contributed by atoms with van der Waals surface area (Å²) in [6, 6.07) is 8.00. The zero-order valence-electron chi connectivity index (χ0n) is 12.0. The molecule has 1 N–H and O–H groups in total. The second kappa shape index (κ2) is 6.46. The summed E-state index contributed by atoms with van der Waals surface area (Å²) in [5.41, 5.74) is 1.09. The number of nitrogens with one attached hydrogen (secondary N) is 1. The van der Waals surface area contributed by atoms with E-state index >= 15 is 0 Å². The molecule has 0 saturated carbocycles. The highest BCUT2D eigenvalue weighted by molar-refractivity contribution is 7.91. The van der Waals surface area contributed by atoms with Crippen molar-refractivity contribution in [1.82, 2.24) is 5.32 Å². The van der Waals surface area contributed by atoms with Gasteiger partial charge in [0.15, 0.2) is 9.84 Å². The Bertz CT molecular complexity index is 557. The minimum absolute atomic E-state index is 0.159. The highest BCUT2D eigenvalue weighted by Crippen LogP contribution is 2.29. The average molecular weight is 316 g/mol. The maximum atomic E-state index is 11.5. The van der Waals surface area contributed by atoms with Gasteiger partial charge in [-0.15, -0.1) is 0 Å². The van der Waals surface area contributed by atoms with Gasteiger partial charge >= 0.3 is 0 Å². The van der Waals surface area contributed by atoms with Gasteiger partial charge in [-0.25, -0.2) is 8.42 Å². The Hall–Kier alpha value is -0.580. The lowest BCUT2D eigenvalue weighted by molar-refractivity contribution is 0.381. The SMILES string of the molecule is CC(C)[C@H](NC[C@@H]1CCS(=O)(=O)C1)c1ccccc1Cl. The third kappa shape index (κ3) is 3.96. The highest BCUT2D eigenvalue weighted by atomic mass is 35.5. The van der Waals surface area contributed by atoms with Gasteiger partial charge in [0.25, 0.3) is 0 Å². The standard InChI is InChI=1S/C15H22ClNO2S/c1-11(2)15(13-5-3-4-6-14(13)16)17-9-12-7-8-20(18,19)10-12/h3-6,11-12,15,17H,7-10H2,1-2H3/t12-,15-/m0/s1. The van der Waals surface area contributed by atoms with E-state index < -0.39 is 9.84 Å². The van der Waals surface area contributed by atoms with Crippen LogP contribution in [-0.2, 0) is 9.84 Å². The van der Waals surface area contributed by atoms with E-state index in [2.05, 4.69) is 19.2 Å². The average Bonchev–Trinajstić information content (AvgIpc) is 2.71. The lowest BCUT2D eigenvalue weighted by atomic mass is 9.95. The molecule has 0 unspecified atom stereocenters. The zero-order valence-corrected chi connectivity index (χ0v) is 13.5. The number of halogens is 1. The van der Waals surface area contributed by atoms with E-state index in [-0.39, 0.29) is 12.0 Å². The van der Waals surface area contributed by atoms with Gasteiger partial charge in [0.05, 0.1) is 11.5 Å². The maximum Gasteiger partial charge on any atom is 0.150 e. The van der Waals surface area contributed by atoms with Gasteiger partial charge in [0.2, 0.25) is 0 Å². The lowest BCUT2D eigenvalue weighted by Gasteiger charge is -2.25. The van der Waals surface area contributed by atoms with Gasteiger partial charge in [-0.3, -0.25) is 0 Å². The van der Waals surface area contributed by atoms with Crippen molar-refractivity contribution < 1.29 is 8.42 Å². The summed E-state index contributed by atoms with van der Waals surface area (Å²) in [6.07, 6.45) is 0.767. The predicted molar refractivity (Wildman–Crippen MR) is 83.8 cm³/mol. The minimum atomic E-state index is -2.80. The Morgan fingerprint density at radius 1 is 1.35 bits per heavy atom. The van der Waals surface area contributed by atoms with Crippen molar-refractivity contribution >= 4 is 21.4 Å². The quantitative estimate of drug-likeness (QED) is 0.908. The van der Waals surface area contributed by atoms with Crippen LogP contribution in [0.15, 0.2) is 24.3 Å². The van der Waals surface area contributed by atoms with E-state index in [1.165, 1.54) is 0 Å². The summed E-state index contributed by atoms with van der Waals surface area (Å²) in [6.45, 7) is 5.02. The third-order valence-corrected chi connectivity index (χ3v) is 6.04. The van der Waals surface area contributed by atoms with E-state index in [1.807, 2.05) is 24.3 Å². The molecule has 2 rings (SSSR count). The number of benzene rings is 1. The highest BCUT2D eigenvalue weighted by Gasteiger charge is 2.28. The molecular weight excluding hydrogens is 294 g/mol. The molecule has 0 aliphatic carbocycles. The van der Waals surface area contributed by atoms with E-state index in [0.717, 1.165) is 23.6 Å². The van der Waals surface area contributed by atoms with Gasteiger partial charge in [0, 0.05) is 11.1 Å². The fourth-order valence-corrected chi connectivity index (χ4v) is 4.87. The van der Waals surface area contributed by atoms with Crippen LogP contribution in [0.3, 0.4) is 0 Å². The van der Waals surface area contributed by atoms with Gasteiger partial charge in [-0.2, -0.15) is 0 Å². The minimum Gasteiger partial charge on any atom is -0.309 e. The molecule has 3 nitrogen and oxygen atoms in total. The molecule has 112 valence electrons. The number of hydrogen-bond acceptors (Lipinski definition) is 3. The van der Waals surface area contributed by atoms with Crippen LogP contribution < -0.4 is 5.32 Å². The summed E-state index contributed by atoms with van der Waals surface area (Å²) < 4.78 is 23.0. The molecule has 1 aromatic carbocycles. The largest absolute Gasteiger partial charge is 0.309 e. The van der Waals surface area contributed by atoms with E-state index in [0.29, 0.717) is 17.4 Å². The molecule has 1 fully saturated rings. The maximum absolute atomic E-state index is 11.5. The first-order chi connectivity index (χ1) is 9.39. The molecule has 1 aliphatic rings. The smallest absolute Gasteiger partial charge is 0.150 e. The lowest BCUT2D eigenvalue weighted by Crippen LogP contribution is -2.31. The Labute approximate surface area is 126 Å². The first-order valence-electron chi connectivity index (χ1n) is 7.07. The van der Waals surface area contributed by atoms with E-state index in [1.54, 1.807) is 0 Å². The second-order valence-electron chi connectivity index (χ2n) is 5.92. The molecule has 0 amide bonds. The molecule has 1 heterocycles. The Balaban J connectivity index is 2.03.